The van der Waals surface area contributed by atoms with Crippen molar-refractivity contribution in [2.24, 2.45) is 5.73 Å². The van der Waals surface area contributed by atoms with Crippen LogP contribution in [0.4, 0.5) is 0 Å². The first-order valence-electron chi connectivity index (χ1n) is 5.76. The largest absolute Gasteiger partial charge is 0.492 e. The number of amides is 1. The SMILES string of the molecule is CC(C)(N)CNC(=O)C1COc2ccccc21. The van der Waals surface area contributed by atoms with E-state index in [1.54, 1.807) is 0 Å². The third kappa shape index (κ3) is 2.77. The summed E-state index contributed by atoms with van der Waals surface area (Å²) in [5.74, 6) is 0.571. The lowest BCUT2D eigenvalue weighted by atomic mass is 10.00. The number of para-hydroxylation sites is 1. The summed E-state index contributed by atoms with van der Waals surface area (Å²) in [6.07, 6.45) is 0. The van der Waals surface area contributed by atoms with Gasteiger partial charge in [0.05, 0.1) is 0 Å². The van der Waals surface area contributed by atoms with Gasteiger partial charge < -0.3 is 15.8 Å². The van der Waals surface area contributed by atoms with Crippen LogP contribution in [-0.4, -0.2) is 24.6 Å². The number of nitrogens with two attached hydrogens (primary N) is 1. The maximum atomic E-state index is 12.0. The minimum atomic E-state index is -0.394. The highest BCUT2D eigenvalue weighted by molar-refractivity contribution is 5.85. The highest BCUT2D eigenvalue weighted by Gasteiger charge is 2.30. The number of benzene rings is 1. The number of carbonyl (C=O) groups excluding carboxylic acids is 1. The Hall–Kier alpha value is -1.55. The van der Waals surface area contributed by atoms with Crippen LogP contribution in [-0.2, 0) is 4.79 Å². The lowest BCUT2D eigenvalue weighted by Gasteiger charge is -2.20. The van der Waals surface area contributed by atoms with Crippen LogP contribution >= 0.6 is 0 Å². The van der Waals surface area contributed by atoms with Gasteiger partial charge in [-0.25, -0.2) is 0 Å². The predicted molar refractivity (Wildman–Crippen MR) is 66.0 cm³/mol. The molecule has 0 bridgehead atoms. The van der Waals surface area contributed by atoms with E-state index >= 15 is 0 Å². The van der Waals surface area contributed by atoms with Crippen molar-refractivity contribution in [2.45, 2.75) is 25.3 Å². The van der Waals surface area contributed by atoms with Gasteiger partial charge in [-0.05, 0) is 19.9 Å². The number of nitrogens with one attached hydrogen (secondary N) is 1. The van der Waals surface area contributed by atoms with Crippen LogP contribution in [0.5, 0.6) is 5.75 Å². The highest BCUT2D eigenvalue weighted by atomic mass is 16.5. The smallest absolute Gasteiger partial charge is 0.231 e. The summed E-state index contributed by atoms with van der Waals surface area (Å²) in [5.41, 5.74) is 6.40. The molecule has 0 aliphatic carbocycles. The Labute approximate surface area is 101 Å². The lowest BCUT2D eigenvalue weighted by Crippen LogP contribution is -2.46. The predicted octanol–water partition coefficient (Wildman–Crippen LogP) is 1.02. The van der Waals surface area contributed by atoms with E-state index in [1.165, 1.54) is 0 Å². The van der Waals surface area contributed by atoms with Gasteiger partial charge in [0.1, 0.15) is 18.3 Å². The van der Waals surface area contributed by atoms with Crippen molar-refractivity contribution in [3.63, 3.8) is 0 Å². The molecule has 1 aromatic rings. The summed E-state index contributed by atoms with van der Waals surface area (Å²) >= 11 is 0. The Bertz CT molecular complexity index is 424. The van der Waals surface area contributed by atoms with Crippen LogP contribution < -0.4 is 15.8 Å². The molecular formula is C13H18N2O2. The maximum absolute atomic E-state index is 12.0. The van der Waals surface area contributed by atoms with Crippen molar-refractivity contribution in [3.05, 3.63) is 29.8 Å². The van der Waals surface area contributed by atoms with Gasteiger partial charge in [0.2, 0.25) is 5.91 Å². The van der Waals surface area contributed by atoms with E-state index < -0.39 is 5.54 Å². The highest BCUT2D eigenvalue weighted by Crippen LogP contribution is 2.33. The third-order valence-corrected chi connectivity index (χ3v) is 2.73. The average Bonchev–Trinajstić information content (AvgIpc) is 2.68. The lowest BCUT2D eigenvalue weighted by molar-refractivity contribution is -0.122. The molecule has 1 aliphatic heterocycles. The Morgan fingerprint density at radius 2 is 2.24 bits per heavy atom. The number of rotatable bonds is 3. The van der Waals surface area contributed by atoms with Crippen LogP contribution in [0, 0.1) is 0 Å². The van der Waals surface area contributed by atoms with Crippen molar-refractivity contribution < 1.29 is 9.53 Å². The van der Waals surface area contributed by atoms with Crippen LogP contribution in [0.1, 0.15) is 25.3 Å². The van der Waals surface area contributed by atoms with E-state index in [4.69, 9.17) is 10.5 Å². The molecule has 4 nitrogen and oxygen atoms in total. The summed E-state index contributed by atoms with van der Waals surface area (Å²) in [5, 5.41) is 2.86. The van der Waals surface area contributed by atoms with Gasteiger partial charge in [-0.15, -0.1) is 0 Å². The summed E-state index contributed by atoms with van der Waals surface area (Å²) in [6, 6.07) is 7.64. The molecule has 0 fully saturated rings. The number of carbonyl (C=O) groups is 1. The summed E-state index contributed by atoms with van der Waals surface area (Å²) < 4.78 is 5.47. The van der Waals surface area contributed by atoms with Crippen LogP contribution in [0.3, 0.4) is 0 Å². The topological polar surface area (TPSA) is 64.3 Å². The fourth-order valence-corrected chi connectivity index (χ4v) is 1.82. The van der Waals surface area contributed by atoms with E-state index in [0.29, 0.717) is 13.2 Å². The molecule has 1 aliphatic rings. The van der Waals surface area contributed by atoms with Gasteiger partial charge in [0, 0.05) is 17.6 Å². The molecule has 1 aromatic carbocycles. The zero-order valence-corrected chi connectivity index (χ0v) is 10.2. The van der Waals surface area contributed by atoms with E-state index in [1.807, 2.05) is 38.1 Å². The number of ether oxygens (including phenoxy) is 1. The molecule has 92 valence electrons. The molecule has 0 spiro atoms. The first-order valence-corrected chi connectivity index (χ1v) is 5.76. The normalized spacial score (nSPS) is 18.4. The van der Waals surface area contributed by atoms with Crippen molar-refractivity contribution in [1.82, 2.24) is 5.32 Å². The fraction of sp³-hybridized carbons (Fsp3) is 0.462. The molecule has 0 aromatic heterocycles. The van der Waals surface area contributed by atoms with Gasteiger partial charge in [-0.3, -0.25) is 4.79 Å². The average molecular weight is 234 g/mol. The summed E-state index contributed by atoms with van der Waals surface area (Å²) in [4.78, 5) is 12.0. The van der Waals surface area contributed by atoms with Crippen molar-refractivity contribution in [3.8, 4) is 5.75 Å². The quantitative estimate of drug-likeness (QED) is 0.820. The van der Waals surface area contributed by atoms with E-state index in [9.17, 15) is 4.79 Å². The summed E-state index contributed by atoms with van der Waals surface area (Å²) in [7, 11) is 0. The molecule has 1 heterocycles. The van der Waals surface area contributed by atoms with Crippen molar-refractivity contribution >= 4 is 5.91 Å². The van der Waals surface area contributed by atoms with Crippen LogP contribution in [0.25, 0.3) is 0 Å². The molecule has 1 amide bonds. The molecule has 2 rings (SSSR count). The number of fused-ring (bicyclic) bond motifs is 1. The molecule has 17 heavy (non-hydrogen) atoms. The zero-order chi connectivity index (χ0) is 12.5. The van der Waals surface area contributed by atoms with E-state index in [0.717, 1.165) is 11.3 Å². The molecule has 4 heteroatoms. The molecule has 3 N–H and O–H groups in total. The standard InChI is InChI=1S/C13H18N2O2/c1-13(2,14)8-15-12(16)10-7-17-11-6-4-3-5-9(10)11/h3-6,10H,7-8,14H2,1-2H3,(H,15,16). The van der Waals surface area contributed by atoms with Gasteiger partial charge in [0.25, 0.3) is 0 Å². The van der Waals surface area contributed by atoms with Gasteiger partial charge >= 0.3 is 0 Å². The molecule has 0 saturated carbocycles. The third-order valence-electron chi connectivity index (χ3n) is 2.73. The zero-order valence-electron chi connectivity index (χ0n) is 10.2. The minimum absolute atomic E-state index is 0.0199. The van der Waals surface area contributed by atoms with Gasteiger partial charge in [0.15, 0.2) is 0 Å². The second-order valence-corrected chi connectivity index (χ2v) is 5.11. The Balaban J connectivity index is 2.03. The molecule has 1 unspecified atom stereocenters. The Morgan fingerprint density at radius 1 is 1.53 bits per heavy atom. The maximum Gasteiger partial charge on any atom is 0.231 e. The molecule has 0 radical (unpaired) electrons. The Morgan fingerprint density at radius 3 is 2.94 bits per heavy atom. The van der Waals surface area contributed by atoms with Gasteiger partial charge in [-0.1, -0.05) is 18.2 Å². The summed E-state index contributed by atoms with van der Waals surface area (Å²) in [6.45, 7) is 4.64. The number of hydrogen-bond donors (Lipinski definition) is 2. The van der Waals surface area contributed by atoms with E-state index in [2.05, 4.69) is 5.32 Å². The monoisotopic (exact) mass is 234 g/mol. The second kappa shape index (κ2) is 4.37. The number of hydrogen-bond acceptors (Lipinski definition) is 3. The van der Waals surface area contributed by atoms with Crippen molar-refractivity contribution in [2.75, 3.05) is 13.2 Å². The van der Waals surface area contributed by atoms with E-state index in [-0.39, 0.29) is 11.8 Å². The van der Waals surface area contributed by atoms with Crippen LogP contribution in [0.15, 0.2) is 24.3 Å². The molecular weight excluding hydrogens is 216 g/mol. The Kier molecular flexibility index (Phi) is 3.07. The van der Waals surface area contributed by atoms with Crippen LogP contribution in [0.2, 0.25) is 0 Å². The van der Waals surface area contributed by atoms with Gasteiger partial charge in [-0.2, -0.15) is 0 Å². The first-order chi connectivity index (χ1) is 7.97. The second-order valence-electron chi connectivity index (χ2n) is 5.11. The minimum Gasteiger partial charge on any atom is -0.492 e. The van der Waals surface area contributed by atoms with Crippen molar-refractivity contribution in [1.29, 1.82) is 0 Å². The molecule has 1 atom stereocenters. The molecule has 0 saturated heterocycles. The first kappa shape index (κ1) is 11.9. The fourth-order valence-electron chi connectivity index (χ4n) is 1.82.